The van der Waals surface area contributed by atoms with E-state index in [1.165, 1.54) is 6.07 Å². The van der Waals surface area contributed by atoms with E-state index in [0.29, 0.717) is 23.1 Å². The van der Waals surface area contributed by atoms with E-state index in [1.54, 1.807) is 17.0 Å². The summed E-state index contributed by atoms with van der Waals surface area (Å²) in [6, 6.07) is 4.63. The molecule has 0 unspecified atom stereocenters. The molecule has 2 N–H and O–H groups in total. The van der Waals surface area contributed by atoms with E-state index >= 15 is 0 Å². The molecule has 0 atom stereocenters. The SMILES string of the molecule is O=C(O)CC1CN(C(=O)c2ccc(Br)c(O)c2)C1. The Hall–Kier alpha value is -1.56. The lowest BCUT2D eigenvalue weighted by Gasteiger charge is -2.38. The van der Waals surface area contributed by atoms with Gasteiger partial charge in [-0.3, -0.25) is 9.59 Å². The number of aliphatic carboxylic acids is 1. The first-order chi connectivity index (χ1) is 8.47. The van der Waals surface area contributed by atoms with E-state index in [1.807, 2.05) is 0 Å². The summed E-state index contributed by atoms with van der Waals surface area (Å²) in [5.41, 5.74) is 0.407. The van der Waals surface area contributed by atoms with Gasteiger partial charge in [-0.05, 0) is 34.1 Å². The topological polar surface area (TPSA) is 77.8 Å². The Labute approximate surface area is 112 Å². The van der Waals surface area contributed by atoms with Crippen molar-refractivity contribution < 1.29 is 19.8 Å². The second-order valence-corrected chi connectivity index (χ2v) is 5.19. The quantitative estimate of drug-likeness (QED) is 0.890. The van der Waals surface area contributed by atoms with Crippen LogP contribution in [0.1, 0.15) is 16.8 Å². The second-order valence-electron chi connectivity index (χ2n) is 4.34. The van der Waals surface area contributed by atoms with Gasteiger partial charge < -0.3 is 15.1 Å². The molecule has 2 rings (SSSR count). The van der Waals surface area contributed by atoms with Gasteiger partial charge in [0.1, 0.15) is 5.75 Å². The number of rotatable bonds is 3. The third kappa shape index (κ3) is 2.64. The molecule has 96 valence electrons. The van der Waals surface area contributed by atoms with Crippen LogP contribution in [0.3, 0.4) is 0 Å². The molecule has 5 nitrogen and oxygen atoms in total. The van der Waals surface area contributed by atoms with Crippen LogP contribution in [0.2, 0.25) is 0 Å². The number of phenolic OH excluding ortho intramolecular Hbond substituents is 1. The van der Waals surface area contributed by atoms with Crippen LogP contribution in [0.5, 0.6) is 5.75 Å². The highest BCUT2D eigenvalue weighted by Crippen LogP contribution is 2.27. The second kappa shape index (κ2) is 4.97. The fraction of sp³-hybridized carbons (Fsp3) is 0.333. The van der Waals surface area contributed by atoms with Crippen molar-refractivity contribution >= 4 is 27.8 Å². The number of likely N-dealkylation sites (tertiary alicyclic amines) is 1. The monoisotopic (exact) mass is 313 g/mol. The van der Waals surface area contributed by atoms with Gasteiger partial charge in [0.25, 0.3) is 5.91 Å². The van der Waals surface area contributed by atoms with Crippen molar-refractivity contribution in [3.8, 4) is 5.75 Å². The van der Waals surface area contributed by atoms with Gasteiger partial charge in [0, 0.05) is 24.6 Å². The van der Waals surface area contributed by atoms with Crippen molar-refractivity contribution in [1.29, 1.82) is 0 Å². The standard InChI is InChI=1S/C12H12BrNO4/c13-9-2-1-8(4-10(9)15)12(18)14-5-7(6-14)3-11(16)17/h1-2,4,7,15H,3,5-6H2,(H,16,17). The maximum absolute atomic E-state index is 12.0. The Morgan fingerprint density at radius 3 is 2.61 bits per heavy atom. The third-order valence-corrected chi connectivity index (χ3v) is 3.57. The van der Waals surface area contributed by atoms with E-state index in [0.717, 1.165) is 0 Å². The van der Waals surface area contributed by atoms with Crippen molar-refractivity contribution in [3.05, 3.63) is 28.2 Å². The molecule has 1 aliphatic rings. The van der Waals surface area contributed by atoms with Crippen molar-refractivity contribution in [2.45, 2.75) is 6.42 Å². The zero-order chi connectivity index (χ0) is 13.3. The van der Waals surface area contributed by atoms with Gasteiger partial charge in [-0.15, -0.1) is 0 Å². The zero-order valence-corrected chi connectivity index (χ0v) is 11.1. The molecule has 0 spiro atoms. The van der Waals surface area contributed by atoms with Crippen LogP contribution in [-0.2, 0) is 4.79 Å². The molecule has 0 radical (unpaired) electrons. The Morgan fingerprint density at radius 2 is 2.06 bits per heavy atom. The summed E-state index contributed by atoms with van der Waals surface area (Å²) in [6.07, 6.45) is 0.0926. The highest BCUT2D eigenvalue weighted by Gasteiger charge is 2.32. The summed E-state index contributed by atoms with van der Waals surface area (Å²) in [7, 11) is 0. The van der Waals surface area contributed by atoms with E-state index < -0.39 is 5.97 Å². The molecule has 1 aromatic rings. The van der Waals surface area contributed by atoms with E-state index in [4.69, 9.17) is 5.11 Å². The minimum absolute atomic E-state index is 0.0171. The molecule has 6 heteroatoms. The van der Waals surface area contributed by atoms with Crippen LogP contribution >= 0.6 is 15.9 Å². The number of benzene rings is 1. The molecule has 1 heterocycles. The Balaban J connectivity index is 1.97. The van der Waals surface area contributed by atoms with Crippen molar-refractivity contribution in [3.63, 3.8) is 0 Å². The number of carbonyl (C=O) groups is 2. The minimum Gasteiger partial charge on any atom is -0.507 e. The molecule has 1 fully saturated rings. The van der Waals surface area contributed by atoms with Gasteiger partial charge in [0.15, 0.2) is 0 Å². The number of carboxylic acids is 1. The molecule has 0 bridgehead atoms. The number of phenols is 1. The molecule has 18 heavy (non-hydrogen) atoms. The van der Waals surface area contributed by atoms with Crippen LogP contribution in [0.15, 0.2) is 22.7 Å². The Bertz CT molecular complexity index is 497. The number of halogens is 1. The van der Waals surface area contributed by atoms with Crippen molar-refractivity contribution in [1.82, 2.24) is 4.90 Å². The fourth-order valence-corrected chi connectivity index (χ4v) is 2.19. The van der Waals surface area contributed by atoms with Gasteiger partial charge in [0.05, 0.1) is 10.9 Å². The summed E-state index contributed by atoms with van der Waals surface area (Å²) in [5, 5.41) is 18.1. The maximum atomic E-state index is 12.0. The third-order valence-electron chi connectivity index (χ3n) is 2.90. The zero-order valence-electron chi connectivity index (χ0n) is 9.47. The first-order valence-electron chi connectivity index (χ1n) is 5.47. The Morgan fingerprint density at radius 1 is 1.39 bits per heavy atom. The van der Waals surface area contributed by atoms with Gasteiger partial charge in [-0.1, -0.05) is 0 Å². The molecular formula is C12H12BrNO4. The number of aromatic hydroxyl groups is 1. The van der Waals surface area contributed by atoms with Gasteiger partial charge in [0.2, 0.25) is 0 Å². The summed E-state index contributed by atoms with van der Waals surface area (Å²) in [6.45, 7) is 0.921. The van der Waals surface area contributed by atoms with E-state index in [2.05, 4.69) is 15.9 Å². The average Bonchev–Trinajstić information content (AvgIpc) is 2.25. The molecule has 1 amide bonds. The number of carbonyl (C=O) groups excluding carboxylic acids is 1. The lowest BCUT2D eigenvalue weighted by Crippen LogP contribution is -2.50. The van der Waals surface area contributed by atoms with Crippen LogP contribution in [0.4, 0.5) is 0 Å². The first kappa shape index (κ1) is 12.9. The molecule has 1 aromatic carbocycles. The van der Waals surface area contributed by atoms with Crippen molar-refractivity contribution in [2.24, 2.45) is 5.92 Å². The number of hydrogen-bond acceptors (Lipinski definition) is 3. The molecule has 1 aliphatic heterocycles. The average molecular weight is 314 g/mol. The fourth-order valence-electron chi connectivity index (χ4n) is 1.94. The molecule has 0 aromatic heterocycles. The van der Waals surface area contributed by atoms with Crippen LogP contribution in [0.25, 0.3) is 0 Å². The number of amides is 1. The van der Waals surface area contributed by atoms with Crippen LogP contribution in [0, 0.1) is 5.92 Å². The highest BCUT2D eigenvalue weighted by molar-refractivity contribution is 9.10. The highest BCUT2D eigenvalue weighted by atomic mass is 79.9. The lowest BCUT2D eigenvalue weighted by molar-refractivity contribution is -0.139. The minimum atomic E-state index is -0.839. The number of hydrogen-bond donors (Lipinski definition) is 2. The predicted octanol–water partition coefficient (Wildman–Crippen LogP) is 1.70. The van der Waals surface area contributed by atoms with Gasteiger partial charge in [-0.25, -0.2) is 0 Å². The number of nitrogens with zero attached hydrogens (tertiary/aromatic N) is 1. The van der Waals surface area contributed by atoms with Gasteiger partial charge in [-0.2, -0.15) is 0 Å². The van der Waals surface area contributed by atoms with Crippen LogP contribution < -0.4 is 0 Å². The molecule has 0 saturated carbocycles. The van der Waals surface area contributed by atoms with Crippen molar-refractivity contribution in [2.75, 3.05) is 13.1 Å². The first-order valence-corrected chi connectivity index (χ1v) is 6.26. The molecule has 1 saturated heterocycles. The smallest absolute Gasteiger partial charge is 0.303 e. The van der Waals surface area contributed by atoms with Gasteiger partial charge >= 0.3 is 5.97 Å². The lowest BCUT2D eigenvalue weighted by atomic mass is 9.95. The van der Waals surface area contributed by atoms with E-state index in [9.17, 15) is 14.7 Å². The largest absolute Gasteiger partial charge is 0.507 e. The predicted molar refractivity (Wildman–Crippen MR) is 67.5 cm³/mol. The van der Waals surface area contributed by atoms with Crippen LogP contribution in [-0.4, -0.2) is 40.1 Å². The summed E-state index contributed by atoms with van der Waals surface area (Å²) >= 11 is 3.14. The summed E-state index contributed by atoms with van der Waals surface area (Å²) in [4.78, 5) is 24.0. The summed E-state index contributed by atoms with van der Waals surface area (Å²) in [5.74, 6) is -0.966. The normalized spacial score (nSPS) is 15.3. The molecule has 0 aliphatic carbocycles. The van der Waals surface area contributed by atoms with E-state index in [-0.39, 0.29) is 24.0 Å². The summed E-state index contributed by atoms with van der Waals surface area (Å²) < 4.78 is 0.534. The Kier molecular flexibility index (Phi) is 3.56. The molecular weight excluding hydrogens is 302 g/mol. The number of carboxylic acid groups (broad SMARTS) is 1. The maximum Gasteiger partial charge on any atom is 0.303 e.